The van der Waals surface area contributed by atoms with E-state index in [0.717, 1.165) is 29.4 Å². The molecule has 4 fully saturated rings. The Bertz CT molecular complexity index is 664. The third-order valence-electron chi connectivity index (χ3n) is 6.07. The molecule has 0 unspecified atom stereocenters. The van der Waals surface area contributed by atoms with Crippen molar-refractivity contribution in [2.24, 2.45) is 17.8 Å². The number of hydrogen-bond donors (Lipinski definition) is 1. The molecule has 0 spiro atoms. The van der Waals surface area contributed by atoms with Crippen LogP contribution in [0.1, 0.15) is 55.9 Å². The third kappa shape index (κ3) is 1.92. The largest absolute Gasteiger partial charge is 0.263 e. The Hall–Kier alpha value is -1.72. The second-order valence-electron chi connectivity index (χ2n) is 7.84. The molecular formula is C16H22N6. The van der Waals surface area contributed by atoms with Gasteiger partial charge >= 0.3 is 0 Å². The monoisotopic (exact) mass is 298 g/mol. The summed E-state index contributed by atoms with van der Waals surface area (Å²) in [5.74, 6) is 4.43. The number of aromatic nitrogens is 6. The van der Waals surface area contributed by atoms with Crippen molar-refractivity contribution in [2.75, 3.05) is 0 Å². The van der Waals surface area contributed by atoms with Gasteiger partial charge in [-0.2, -0.15) is 5.10 Å². The molecule has 2 aromatic heterocycles. The first-order valence-electron chi connectivity index (χ1n) is 8.47. The molecule has 4 aliphatic carbocycles. The summed E-state index contributed by atoms with van der Waals surface area (Å²) in [5.41, 5.74) is 1.54. The summed E-state index contributed by atoms with van der Waals surface area (Å²) < 4.78 is 1.90. The Morgan fingerprint density at radius 3 is 2.45 bits per heavy atom. The quantitative estimate of drug-likeness (QED) is 0.943. The zero-order valence-electron chi connectivity index (χ0n) is 13.0. The number of hydrogen-bond acceptors (Lipinski definition) is 4. The van der Waals surface area contributed by atoms with E-state index in [0.29, 0.717) is 12.0 Å². The smallest absolute Gasteiger partial charge is 0.172 e. The van der Waals surface area contributed by atoms with Crippen LogP contribution >= 0.6 is 0 Å². The predicted molar refractivity (Wildman–Crippen MR) is 80.1 cm³/mol. The first-order chi connectivity index (χ1) is 10.7. The van der Waals surface area contributed by atoms with Crippen molar-refractivity contribution >= 4 is 0 Å². The second-order valence-corrected chi connectivity index (χ2v) is 7.84. The lowest BCUT2D eigenvalue weighted by Gasteiger charge is -2.56. The molecule has 6 nitrogen and oxygen atoms in total. The summed E-state index contributed by atoms with van der Waals surface area (Å²) in [4.78, 5) is 4.35. The molecule has 0 amide bonds. The normalized spacial score (nSPS) is 36.1. The van der Waals surface area contributed by atoms with Crippen molar-refractivity contribution < 1.29 is 0 Å². The van der Waals surface area contributed by atoms with Gasteiger partial charge in [-0.1, -0.05) is 5.21 Å². The molecule has 22 heavy (non-hydrogen) atoms. The van der Waals surface area contributed by atoms with Crippen molar-refractivity contribution in [3.63, 3.8) is 0 Å². The topological polar surface area (TPSA) is 72.3 Å². The van der Waals surface area contributed by atoms with Crippen LogP contribution in [0.2, 0.25) is 0 Å². The standard InChI is InChI=1S/C16H22N6/c1-10-17-15(20-18-10)9-22-8-14(19-21-22)16-5-11-2-12(6-16)4-13(3-11)7-16/h8,11-13H,2-7,9H2,1H3,(H,17,18,20). The highest BCUT2D eigenvalue weighted by atomic mass is 15.4. The molecule has 116 valence electrons. The molecule has 2 aromatic rings. The average Bonchev–Trinajstić information content (AvgIpc) is 3.07. The van der Waals surface area contributed by atoms with Gasteiger partial charge in [0.05, 0.1) is 5.69 Å². The molecule has 0 aliphatic heterocycles. The molecule has 4 aliphatic rings. The number of aryl methyl sites for hydroxylation is 1. The van der Waals surface area contributed by atoms with E-state index in [1.165, 1.54) is 44.2 Å². The van der Waals surface area contributed by atoms with E-state index in [-0.39, 0.29) is 0 Å². The van der Waals surface area contributed by atoms with E-state index in [1.54, 1.807) is 0 Å². The van der Waals surface area contributed by atoms with Crippen LogP contribution in [0, 0.1) is 24.7 Å². The lowest BCUT2D eigenvalue weighted by molar-refractivity contribution is -0.00725. The van der Waals surface area contributed by atoms with Crippen LogP contribution in [0.5, 0.6) is 0 Å². The van der Waals surface area contributed by atoms with Gasteiger partial charge in [0, 0.05) is 11.6 Å². The van der Waals surface area contributed by atoms with E-state index in [9.17, 15) is 0 Å². The van der Waals surface area contributed by atoms with Gasteiger partial charge in [-0.05, 0) is 63.2 Å². The van der Waals surface area contributed by atoms with Crippen LogP contribution in [0.15, 0.2) is 6.20 Å². The number of nitrogens with one attached hydrogen (secondary N) is 1. The van der Waals surface area contributed by atoms with Crippen LogP contribution in [0.4, 0.5) is 0 Å². The SMILES string of the molecule is Cc1nc(Cn2cc(C34CC5CC(CC(C5)C3)C4)nn2)n[nH]1. The molecule has 2 heterocycles. The number of aromatic amines is 1. The van der Waals surface area contributed by atoms with Crippen molar-refractivity contribution in [1.29, 1.82) is 0 Å². The van der Waals surface area contributed by atoms with Crippen molar-refractivity contribution in [1.82, 2.24) is 30.2 Å². The Balaban J connectivity index is 1.42. The summed E-state index contributed by atoms with van der Waals surface area (Å²) in [6.07, 6.45) is 10.5. The molecule has 4 saturated carbocycles. The fourth-order valence-corrected chi connectivity index (χ4v) is 5.65. The maximum absolute atomic E-state index is 4.56. The Morgan fingerprint density at radius 2 is 1.86 bits per heavy atom. The van der Waals surface area contributed by atoms with Gasteiger partial charge in [-0.3, -0.25) is 5.10 Å². The van der Waals surface area contributed by atoms with E-state index < -0.39 is 0 Å². The van der Waals surface area contributed by atoms with E-state index in [4.69, 9.17) is 0 Å². The average molecular weight is 298 g/mol. The maximum Gasteiger partial charge on any atom is 0.172 e. The number of rotatable bonds is 3. The van der Waals surface area contributed by atoms with Crippen LogP contribution in [0.25, 0.3) is 0 Å². The summed E-state index contributed by atoms with van der Waals surface area (Å²) in [5, 5.41) is 16.0. The molecule has 0 aromatic carbocycles. The van der Waals surface area contributed by atoms with Crippen LogP contribution in [-0.4, -0.2) is 30.2 Å². The van der Waals surface area contributed by atoms with Gasteiger partial charge in [-0.15, -0.1) is 5.10 Å². The minimum Gasteiger partial charge on any atom is -0.263 e. The van der Waals surface area contributed by atoms with Gasteiger partial charge in [0.1, 0.15) is 12.4 Å². The number of nitrogens with zero attached hydrogens (tertiary/aromatic N) is 5. The maximum atomic E-state index is 4.56. The number of H-pyrrole nitrogens is 1. The zero-order valence-corrected chi connectivity index (χ0v) is 13.0. The summed E-state index contributed by atoms with van der Waals surface area (Å²) in [6, 6.07) is 0. The zero-order chi connectivity index (χ0) is 14.7. The van der Waals surface area contributed by atoms with Gasteiger partial charge in [0.15, 0.2) is 5.82 Å². The first kappa shape index (κ1) is 12.8. The molecule has 0 saturated heterocycles. The van der Waals surface area contributed by atoms with E-state index in [2.05, 4.69) is 31.7 Å². The highest BCUT2D eigenvalue weighted by molar-refractivity contribution is 5.20. The Morgan fingerprint density at radius 1 is 1.18 bits per heavy atom. The lowest BCUT2D eigenvalue weighted by Crippen LogP contribution is -2.48. The highest BCUT2D eigenvalue weighted by Crippen LogP contribution is 2.60. The van der Waals surface area contributed by atoms with Crippen molar-refractivity contribution in [3.8, 4) is 0 Å². The van der Waals surface area contributed by atoms with Crippen LogP contribution < -0.4 is 0 Å². The fourth-order valence-electron chi connectivity index (χ4n) is 5.65. The summed E-state index contributed by atoms with van der Waals surface area (Å²) >= 11 is 0. The van der Waals surface area contributed by atoms with Gasteiger partial charge in [0.25, 0.3) is 0 Å². The Labute approximate surface area is 129 Å². The van der Waals surface area contributed by atoms with Crippen molar-refractivity contribution in [2.45, 2.75) is 57.4 Å². The van der Waals surface area contributed by atoms with Gasteiger partial charge < -0.3 is 0 Å². The predicted octanol–water partition coefficient (Wildman–Crippen LogP) is 2.22. The lowest BCUT2D eigenvalue weighted by atomic mass is 9.49. The fraction of sp³-hybridized carbons (Fsp3) is 0.750. The minimum atomic E-state index is 0.321. The van der Waals surface area contributed by atoms with Crippen molar-refractivity contribution in [3.05, 3.63) is 23.5 Å². The van der Waals surface area contributed by atoms with Gasteiger partial charge in [0.2, 0.25) is 0 Å². The molecule has 1 N–H and O–H groups in total. The second kappa shape index (κ2) is 4.40. The molecule has 4 bridgehead atoms. The molecule has 0 atom stereocenters. The first-order valence-corrected chi connectivity index (χ1v) is 8.47. The molecule has 6 heteroatoms. The molecular weight excluding hydrogens is 276 g/mol. The summed E-state index contributed by atoms with van der Waals surface area (Å²) in [6.45, 7) is 2.52. The van der Waals surface area contributed by atoms with E-state index in [1.807, 2.05) is 11.6 Å². The van der Waals surface area contributed by atoms with Gasteiger partial charge in [-0.25, -0.2) is 9.67 Å². The van der Waals surface area contributed by atoms with Crippen LogP contribution in [-0.2, 0) is 12.0 Å². The van der Waals surface area contributed by atoms with Crippen LogP contribution in [0.3, 0.4) is 0 Å². The Kier molecular flexibility index (Phi) is 2.56. The highest BCUT2D eigenvalue weighted by Gasteiger charge is 2.52. The summed E-state index contributed by atoms with van der Waals surface area (Å²) in [7, 11) is 0. The minimum absolute atomic E-state index is 0.321. The van der Waals surface area contributed by atoms with E-state index >= 15 is 0 Å². The molecule has 6 rings (SSSR count). The molecule has 0 radical (unpaired) electrons. The third-order valence-corrected chi connectivity index (χ3v) is 6.07.